The van der Waals surface area contributed by atoms with Crippen molar-refractivity contribution in [3.8, 4) is 45.1 Å². The summed E-state index contributed by atoms with van der Waals surface area (Å²) in [6, 6.07) is 59.0. The van der Waals surface area contributed by atoms with Crippen molar-refractivity contribution >= 4 is 117 Å². The van der Waals surface area contributed by atoms with Gasteiger partial charge < -0.3 is 55.8 Å². The number of aliphatic hydroxyl groups is 2. The van der Waals surface area contributed by atoms with E-state index in [-0.39, 0.29) is 18.6 Å². The normalized spacial score (nSPS) is 12.8. The van der Waals surface area contributed by atoms with Crippen molar-refractivity contribution < 1.29 is 33.7 Å². The van der Waals surface area contributed by atoms with Crippen molar-refractivity contribution in [1.82, 2.24) is 64.5 Å². The molecule has 16 aromatic rings. The van der Waals surface area contributed by atoms with Gasteiger partial charge in [-0.25, -0.2) is 34.3 Å². The molecule has 0 aliphatic carbocycles. The Morgan fingerprint density at radius 2 is 1.08 bits per heavy atom. The summed E-state index contributed by atoms with van der Waals surface area (Å²) in [5.74, 6) is 7.62. The summed E-state index contributed by atoms with van der Waals surface area (Å²) in [7, 11) is 1.85. The number of benzene rings is 5. The van der Waals surface area contributed by atoms with Crippen molar-refractivity contribution in [2.75, 3.05) is 60.9 Å². The van der Waals surface area contributed by atoms with Crippen LogP contribution in [0.15, 0.2) is 225 Å². The third-order valence-corrected chi connectivity index (χ3v) is 21.0. The highest BCUT2D eigenvalue weighted by atomic mass is 19.1. The number of amides is 1. The molecule has 0 saturated carbocycles. The number of anilines is 4. The first-order chi connectivity index (χ1) is 59.5. The quantitative estimate of drug-likeness (QED) is 0.0237. The number of carbonyl (C=O) groups excluding carboxylic acids is 2. The van der Waals surface area contributed by atoms with E-state index in [1.54, 1.807) is 18.5 Å². The molecule has 1 amide bonds. The first-order valence-electron chi connectivity index (χ1n) is 42.6. The number of hydrogen-bond acceptors (Lipinski definition) is 19. The Balaban J connectivity index is 0.000000133. The van der Waals surface area contributed by atoms with Gasteiger partial charge in [0.05, 0.1) is 39.6 Å². The SMILES string of the molecule is CC(C)CC(=O)CCc1ccc2c(c1)[nH]c1ccncc12.CC(C)NC(=O)CC1CCN(c2ccn3c(n2)nc2ccccc23)CC1.CC(C)Nc1ccc(-c2ccc3c(c2)[nH]c2ccncc23)cn1.CC(C)Nc1ccc(-c2ccc3cc(OC[C@H](O)CF)ccc3n2)cn1.CNc1ccc(-c2ccc3cc(OC[C@H](O)CCC(C)C)ccc3n2)cn1. The number of Topliss-reactive ketones (excluding diaryl/α,β-unsaturated/α-hetero) is 1. The molecule has 11 aromatic heterocycles. The topological polar surface area (TPSA) is 296 Å². The van der Waals surface area contributed by atoms with Gasteiger partial charge in [-0.1, -0.05) is 76.2 Å². The molecular formula is C99H112FN17O6. The monoisotopic (exact) mass is 1650 g/mol. The number of piperidine rings is 1. The zero-order valence-electron chi connectivity index (χ0n) is 72.0. The number of aromatic nitrogens is 12. The molecule has 636 valence electrons. The van der Waals surface area contributed by atoms with Gasteiger partial charge in [0, 0.05) is 178 Å². The second kappa shape index (κ2) is 42.0. The fourth-order valence-corrected chi connectivity index (χ4v) is 14.8. The smallest absolute Gasteiger partial charge is 0.236 e. The van der Waals surface area contributed by atoms with Crippen LogP contribution in [0.2, 0.25) is 0 Å². The second-order valence-corrected chi connectivity index (χ2v) is 33.1. The molecule has 24 heteroatoms. The fraction of sp³-hybridized carbons (Fsp3) is 0.323. The molecule has 12 heterocycles. The number of aliphatic hydroxyl groups excluding tert-OH is 2. The summed E-state index contributed by atoms with van der Waals surface area (Å²) in [4.78, 5) is 73.3. The molecule has 0 unspecified atom stereocenters. The van der Waals surface area contributed by atoms with E-state index in [2.05, 4.69) is 187 Å². The maximum absolute atomic E-state index is 12.3. The number of para-hydroxylation sites is 2. The lowest BCUT2D eigenvalue weighted by Crippen LogP contribution is -2.37. The van der Waals surface area contributed by atoms with Crippen LogP contribution < -0.4 is 35.6 Å². The van der Waals surface area contributed by atoms with E-state index in [4.69, 9.17) is 19.4 Å². The number of aromatic amines is 2. The summed E-state index contributed by atoms with van der Waals surface area (Å²) in [6.45, 7) is 22.1. The first-order valence-corrected chi connectivity index (χ1v) is 42.6. The van der Waals surface area contributed by atoms with Crippen LogP contribution in [0, 0.1) is 17.8 Å². The van der Waals surface area contributed by atoms with Crippen LogP contribution in [0.1, 0.15) is 120 Å². The Morgan fingerprint density at radius 1 is 0.520 bits per heavy atom. The van der Waals surface area contributed by atoms with Crippen molar-refractivity contribution in [3.63, 3.8) is 0 Å². The number of H-pyrrole nitrogens is 2. The minimum Gasteiger partial charge on any atom is -0.491 e. The number of imidazole rings is 1. The van der Waals surface area contributed by atoms with Gasteiger partial charge in [-0.3, -0.25) is 24.0 Å². The number of nitrogens with one attached hydrogen (secondary N) is 6. The molecule has 1 fully saturated rings. The van der Waals surface area contributed by atoms with E-state index in [1.807, 2.05) is 172 Å². The van der Waals surface area contributed by atoms with Crippen LogP contribution in [0.5, 0.6) is 11.5 Å². The van der Waals surface area contributed by atoms with Crippen LogP contribution in [0.4, 0.5) is 27.7 Å². The van der Waals surface area contributed by atoms with Crippen LogP contribution in [-0.2, 0) is 16.0 Å². The van der Waals surface area contributed by atoms with Gasteiger partial charge in [-0.2, -0.15) is 4.98 Å². The number of alkyl halides is 1. The van der Waals surface area contributed by atoms with E-state index in [1.165, 1.54) is 16.3 Å². The molecule has 2 atom stereocenters. The number of rotatable bonds is 27. The Labute approximate surface area is 717 Å². The summed E-state index contributed by atoms with van der Waals surface area (Å²) >= 11 is 0. The molecule has 0 radical (unpaired) electrons. The molecule has 1 saturated heterocycles. The number of halogens is 1. The summed E-state index contributed by atoms with van der Waals surface area (Å²) < 4.78 is 25.5. The number of ketones is 1. The molecule has 0 bridgehead atoms. The highest BCUT2D eigenvalue weighted by Gasteiger charge is 2.24. The Kier molecular flexibility index (Phi) is 29.9. The average molecular weight is 1660 g/mol. The lowest BCUT2D eigenvalue weighted by atomic mass is 9.93. The number of carbonyl (C=O) groups is 2. The highest BCUT2D eigenvalue weighted by molar-refractivity contribution is 6.08. The van der Waals surface area contributed by atoms with Gasteiger partial charge >= 0.3 is 0 Å². The average Bonchev–Trinajstić information content (AvgIpc) is 1.65. The van der Waals surface area contributed by atoms with Crippen molar-refractivity contribution in [3.05, 3.63) is 231 Å². The van der Waals surface area contributed by atoms with Gasteiger partial charge in [-0.15, -0.1) is 0 Å². The van der Waals surface area contributed by atoms with E-state index in [0.717, 1.165) is 179 Å². The fourth-order valence-electron chi connectivity index (χ4n) is 14.8. The number of nitrogens with zero attached hydrogens (tertiary/aromatic N) is 11. The lowest BCUT2D eigenvalue weighted by molar-refractivity contribution is -0.122. The number of aryl methyl sites for hydroxylation is 1. The van der Waals surface area contributed by atoms with Crippen LogP contribution in [-0.4, -0.2) is 151 Å². The third-order valence-electron chi connectivity index (χ3n) is 21.0. The van der Waals surface area contributed by atoms with E-state index in [9.17, 15) is 24.2 Å². The first kappa shape index (κ1) is 87.7. The predicted molar refractivity (Wildman–Crippen MR) is 497 cm³/mol. The number of pyridine rings is 7. The Bertz CT molecular complexity index is 6170. The zero-order chi connectivity index (χ0) is 86.5. The van der Waals surface area contributed by atoms with E-state index >= 15 is 0 Å². The second-order valence-electron chi connectivity index (χ2n) is 33.1. The van der Waals surface area contributed by atoms with E-state index in [0.29, 0.717) is 67.2 Å². The molecule has 0 spiro atoms. The van der Waals surface area contributed by atoms with Crippen molar-refractivity contribution in [2.45, 2.75) is 151 Å². The molecule has 1 aliphatic heterocycles. The Morgan fingerprint density at radius 3 is 1.63 bits per heavy atom. The summed E-state index contributed by atoms with van der Waals surface area (Å²) in [5, 5.41) is 38.4. The molecule has 8 N–H and O–H groups in total. The van der Waals surface area contributed by atoms with Crippen LogP contribution in [0.3, 0.4) is 0 Å². The molecule has 5 aromatic carbocycles. The summed E-state index contributed by atoms with van der Waals surface area (Å²) in [6.07, 6.45) is 20.0. The largest absolute Gasteiger partial charge is 0.491 e. The minimum absolute atomic E-state index is 0.0735. The Hall–Kier alpha value is -13.1. The lowest BCUT2D eigenvalue weighted by Gasteiger charge is -2.32. The number of hydrogen-bond donors (Lipinski definition) is 8. The molecular weight excluding hydrogens is 1540 g/mol. The highest BCUT2D eigenvalue weighted by Crippen LogP contribution is 2.33. The standard InChI is InChI=1S/C22H27N3O2.C20H22FN3O2.C20H25N5O.C19H18N4.C18H20N2O/c1-15(2)4-7-18(26)14-27-19-8-10-20-16(12-19)5-9-21(25-20)17-6-11-22(23-3)24-13-17;1-13(2)23-20-8-4-15(11-22-20)19-6-3-14-9-17(5-7-18(14)24-19)26-12-16(25)10-21;1-14(2)21-19(26)13-15-7-10-24(11-8-15)18-9-12-25-17-6-4-3-5-16(17)22-20(25)23-18;1-12(2)22-19-6-4-14(10-21-19)13-3-5-15-16-11-20-8-7-17(16)23-18(15)9-13;1-12(2)9-14(21)5-3-13-4-6-15-16-11-19-8-7-17(16)20-18(15)10-13/h5-6,8-13,15,18,26H,4,7,14H2,1-3H3,(H,23,24);3-9,11,13,16,25H,10,12H2,1-2H3,(H,22,23);3-6,9,12,14-15H,7-8,10-11,13H2,1-2H3,(H,21,26);3-12,23H,1-2H3,(H,21,22);4,6-8,10-12,20H,3,5,9H2,1-2H3/t18-;16-;;;/m11.../s1. The van der Waals surface area contributed by atoms with Crippen LogP contribution >= 0.6 is 0 Å². The number of ether oxygens (including phenoxy) is 2. The zero-order valence-corrected chi connectivity index (χ0v) is 72.0. The van der Waals surface area contributed by atoms with E-state index < -0.39 is 18.9 Å². The predicted octanol–water partition coefficient (Wildman–Crippen LogP) is 20.2. The molecule has 23 nitrogen and oxygen atoms in total. The minimum atomic E-state index is -1.10. The molecule has 1 aliphatic rings. The molecule has 17 rings (SSSR count). The van der Waals surface area contributed by atoms with Crippen molar-refractivity contribution in [1.29, 1.82) is 0 Å². The third kappa shape index (κ3) is 24.2. The maximum atomic E-state index is 12.3. The van der Waals surface area contributed by atoms with Gasteiger partial charge in [0.1, 0.15) is 66.5 Å². The van der Waals surface area contributed by atoms with Gasteiger partial charge in [-0.05, 0) is 230 Å². The number of fused-ring (bicyclic) bond motifs is 11. The molecule has 123 heavy (non-hydrogen) atoms. The maximum Gasteiger partial charge on any atom is 0.236 e. The van der Waals surface area contributed by atoms with Crippen molar-refractivity contribution in [2.24, 2.45) is 17.8 Å². The van der Waals surface area contributed by atoms with Gasteiger partial charge in [0.15, 0.2) is 0 Å². The van der Waals surface area contributed by atoms with Crippen LogP contribution in [0.25, 0.3) is 116 Å². The van der Waals surface area contributed by atoms with Gasteiger partial charge in [0.25, 0.3) is 0 Å². The van der Waals surface area contributed by atoms with Gasteiger partial charge in [0.2, 0.25) is 11.7 Å². The summed E-state index contributed by atoms with van der Waals surface area (Å²) in [5.41, 5.74) is 15.3.